The molecule has 0 saturated carbocycles. The number of aryl methyl sites for hydroxylation is 1. The Hall–Kier alpha value is -3.78. The molecule has 4 aromatic carbocycles. The van der Waals surface area contributed by atoms with Crippen molar-refractivity contribution in [3.8, 4) is 0 Å². The summed E-state index contributed by atoms with van der Waals surface area (Å²) in [5, 5.41) is 0. The van der Waals surface area contributed by atoms with Crippen molar-refractivity contribution in [2.75, 3.05) is 0 Å². The number of carbonyl (C=O) groups is 2. The monoisotopic (exact) mass is 404 g/mol. The van der Waals surface area contributed by atoms with Crippen molar-refractivity contribution >= 4 is 11.6 Å². The summed E-state index contributed by atoms with van der Waals surface area (Å²) in [6.07, 6.45) is 0.0534. The van der Waals surface area contributed by atoms with Gasteiger partial charge in [0.05, 0.1) is 5.41 Å². The molecule has 0 aliphatic carbocycles. The first-order valence-electron chi connectivity index (χ1n) is 10.4. The SMILES string of the molecule is Cc1ccc(C(=O)CC(C(=O)c2ccccc2)(c2ccccc2)c2ccccc2)cc1. The Labute approximate surface area is 183 Å². The van der Waals surface area contributed by atoms with Gasteiger partial charge in [0.2, 0.25) is 0 Å². The first kappa shape index (κ1) is 20.5. The van der Waals surface area contributed by atoms with Crippen LogP contribution < -0.4 is 0 Å². The summed E-state index contributed by atoms with van der Waals surface area (Å²) >= 11 is 0. The van der Waals surface area contributed by atoms with Crippen LogP contribution in [-0.2, 0) is 5.41 Å². The molecule has 0 saturated heterocycles. The molecule has 2 nitrogen and oxygen atoms in total. The summed E-state index contributed by atoms with van der Waals surface area (Å²) in [4.78, 5) is 27.6. The highest BCUT2D eigenvalue weighted by Gasteiger charge is 2.44. The van der Waals surface area contributed by atoms with Crippen molar-refractivity contribution in [1.82, 2.24) is 0 Å². The second kappa shape index (κ2) is 8.93. The van der Waals surface area contributed by atoms with Crippen LogP contribution >= 0.6 is 0 Å². The third-order valence-corrected chi connectivity index (χ3v) is 5.76. The lowest BCUT2D eigenvalue weighted by atomic mass is 9.66. The molecule has 4 aromatic rings. The second-order valence-electron chi connectivity index (χ2n) is 7.80. The fourth-order valence-corrected chi connectivity index (χ4v) is 4.08. The third kappa shape index (κ3) is 4.10. The Morgan fingerprint density at radius 3 is 1.52 bits per heavy atom. The van der Waals surface area contributed by atoms with Gasteiger partial charge in [0.1, 0.15) is 0 Å². The van der Waals surface area contributed by atoms with Crippen LogP contribution in [0.25, 0.3) is 0 Å². The Kier molecular flexibility index (Phi) is 5.90. The van der Waals surface area contributed by atoms with Gasteiger partial charge >= 0.3 is 0 Å². The molecule has 0 aliphatic heterocycles. The van der Waals surface area contributed by atoms with E-state index >= 15 is 0 Å². The van der Waals surface area contributed by atoms with Gasteiger partial charge in [-0.2, -0.15) is 0 Å². The van der Waals surface area contributed by atoms with Crippen LogP contribution in [0, 0.1) is 6.92 Å². The van der Waals surface area contributed by atoms with Gasteiger partial charge in [-0.1, -0.05) is 121 Å². The molecule has 4 rings (SSSR count). The van der Waals surface area contributed by atoms with Crippen LogP contribution in [0.3, 0.4) is 0 Å². The largest absolute Gasteiger partial charge is 0.294 e. The lowest BCUT2D eigenvalue weighted by Crippen LogP contribution is -2.39. The van der Waals surface area contributed by atoms with Crippen LogP contribution in [-0.4, -0.2) is 11.6 Å². The van der Waals surface area contributed by atoms with E-state index < -0.39 is 5.41 Å². The third-order valence-electron chi connectivity index (χ3n) is 5.76. The molecule has 0 bridgehead atoms. The summed E-state index contributed by atoms with van der Waals surface area (Å²) in [6.45, 7) is 1.99. The standard InChI is InChI=1S/C29H24O2/c1-22-17-19-23(20-18-22)27(30)21-29(25-13-7-3-8-14-25,26-15-9-4-10-16-26)28(31)24-11-5-2-6-12-24/h2-20H,21H2,1H3. The Bertz CT molecular complexity index is 1120. The van der Waals surface area contributed by atoms with E-state index in [-0.39, 0.29) is 18.0 Å². The van der Waals surface area contributed by atoms with Crippen molar-refractivity contribution in [3.63, 3.8) is 0 Å². The molecule has 0 fully saturated rings. The predicted octanol–water partition coefficient (Wildman–Crippen LogP) is 6.44. The molecule has 0 atom stereocenters. The van der Waals surface area contributed by atoms with E-state index in [2.05, 4.69) is 0 Å². The number of hydrogen-bond donors (Lipinski definition) is 0. The summed E-state index contributed by atoms with van der Waals surface area (Å²) in [5.74, 6) is -0.136. The number of ketones is 2. The van der Waals surface area contributed by atoms with Crippen LogP contribution in [0.4, 0.5) is 0 Å². The summed E-state index contributed by atoms with van der Waals surface area (Å²) < 4.78 is 0. The average molecular weight is 405 g/mol. The van der Waals surface area contributed by atoms with Gasteiger partial charge in [0, 0.05) is 17.5 Å². The zero-order chi connectivity index (χ0) is 21.7. The van der Waals surface area contributed by atoms with E-state index in [9.17, 15) is 9.59 Å². The van der Waals surface area contributed by atoms with Gasteiger partial charge in [0.25, 0.3) is 0 Å². The molecular weight excluding hydrogens is 380 g/mol. The van der Waals surface area contributed by atoms with E-state index in [1.165, 1.54) is 0 Å². The highest BCUT2D eigenvalue weighted by atomic mass is 16.1. The summed E-state index contributed by atoms with van der Waals surface area (Å²) in [6, 6.07) is 36.1. The van der Waals surface area contributed by atoms with Crippen molar-refractivity contribution in [1.29, 1.82) is 0 Å². The van der Waals surface area contributed by atoms with Crippen molar-refractivity contribution in [2.24, 2.45) is 0 Å². The molecule has 0 amide bonds. The molecule has 0 heterocycles. The zero-order valence-electron chi connectivity index (χ0n) is 17.5. The van der Waals surface area contributed by atoms with Crippen LogP contribution in [0.5, 0.6) is 0 Å². The number of benzene rings is 4. The number of carbonyl (C=O) groups excluding carboxylic acids is 2. The molecule has 0 N–H and O–H groups in total. The van der Waals surface area contributed by atoms with Gasteiger partial charge in [-0.05, 0) is 18.1 Å². The van der Waals surface area contributed by atoms with E-state index in [1.54, 1.807) is 0 Å². The molecule has 0 spiro atoms. The van der Waals surface area contributed by atoms with E-state index in [0.29, 0.717) is 11.1 Å². The minimum Gasteiger partial charge on any atom is -0.294 e. The van der Waals surface area contributed by atoms with Gasteiger partial charge in [0.15, 0.2) is 11.6 Å². The summed E-state index contributed by atoms with van der Waals surface area (Å²) in [5.41, 5.74) is 2.81. The predicted molar refractivity (Wildman–Crippen MR) is 125 cm³/mol. The molecule has 0 unspecified atom stereocenters. The number of hydrogen-bond acceptors (Lipinski definition) is 2. The fraction of sp³-hybridized carbons (Fsp3) is 0.103. The highest BCUT2D eigenvalue weighted by molar-refractivity contribution is 6.11. The normalized spacial score (nSPS) is 11.1. The zero-order valence-corrected chi connectivity index (χ0v) is 17.5. The molecule has 31 heavy (non-hydrogen) atoms. The van der Waals surface area contributed by atoms with Crippen molar-refractivity contribution in [3.05, 3.63) is 143 Å². The first-order chi connectivity index (χ1) is 15.1. The molecule has 0 radical (unpaired) electrons. The smallest absolute Gasteiger partial charge is 0.178 e. The van der Waals surface area contributed by atoms with Gasteiger partial charge in [-0.15, -0.1) is 0 Å². The van der Waals surface area contributed by atoms with Crippen LogP contribution in [0.15, 0.2) is 115 Å². The van der Waals surface area contributed by atoms with Crippen molar-refractivity contribution in [2.45, 2.75) is 18.8 Å². The quantitative estimate of drug-likeness (QED) is 0.332. The highest BCUT2D eigenvalue weighted by Crippen LogP contribution is 2.40. The maximum Gasteiger partial charge on any atom is 0.178 e. The Morgan fingerprint density at radius 1 is 0.581 bits per heavy atom. The summed E-state index contributed by atoms with van der Waals surface area (Å²) in [7, 11) is 0. The van der Waals surface area contributed by atoms with E-state index in [0.717, 1.165) is 16.7 Å². The molecule has 2 heteroatoms. The topological polar surface area (TPSA) is 34.1 Å². The molecule has 0 aromatic heterocycles. The Balaban J connectivity index is 1.92. The number of rotatable bonds is 7. The number of Topliss-reactive ketones (excluding diaryl/α,β-unsaturated/α-hetero) is 2. The Morgan fingerprint density at radius 2 is 1.03 bits per heavy atom. The van der Waals surface area contributed by atoms with Gasteiger partial charge in [-0.25, -0.2) is 0 Å². The fourth-order valence-electron chi connectivity index (χ4n) is 4.08. The van der Waals surface area contributed by atoms with Crippen LogP contribution in [0.1, 0.15) is 43.8 Å². The van der Waals surface area contributed by atoms with Gasteiger partial charge < -0.3 is 0 Å². The van der Waals surface area contributed by atoms with Gasteiger partial charge in [-0.3, -0.25) is 9.59 Å². The van der Waals surface area contributed by atoms with E-state index in [4.69, 9.17) is 0 Å². The average Bonchev–Trinajstić information content (AvgIpc) is 2.84. The maximum atomic E-state index is 14.1. The first-order valence-corrected chi connectivity index (χ1v) is 10.4. The lowest BCUT2D eigenvalue weighted by molar-refractivity contribution is 0.0843. The minimum absolute atomic E-state index is 0.0534. The van der Waals surface area contributed by atoms with Crippen LogP contribution in [0.2, 0.25) is 0 Å². The van der Waals surface area contributed by atoms with E-state index in [1.807, 2.05) is 122 Å². The minimum atomic E-state index is -1.12. The van der Waals surface area contributed by atoms with Crippen molar-refractivity contribution < 1.29 is 9.59 Å². The molecule has 0 aliphatic rings. The molecular formula is C29H24O2. The maximum absolute atomic E-state index is 14.1. The molecule has 152 valence electrons. The lowest BCUT2D eigenvalue weighted by Gasteiger charge is -2.33. The second-order valence-corrected chi connectivity index (χ2v) is 7.80.